The molecule has 0 aliphatic carbocycles. The first-order valence-corrected chi connectivity index (χ1v) is 10.4. The molecule has 0 saturated heterocycles. The third kappa shape index (κ3) is 3.91. The number of carbonyl (C=O) groups is 3. The van der Waals surface area contributed by atoms with E-state index in [2.05, 4.69) is 0 Å². The third-order valence-electron chi connectivity index (χ3n) is 5.89. The van der Waals surface area contributed by atoms with Crippen LogP contribution < -0.4 is 4.74 Å². The number of aldehydes is 1. The minimum absolute atomic E-state index is 0.102. The maximum atomic E-state index is 13.6. The predicted octanol–water partition coefficient (Wildman–Crippen LogP) is 4.25. The van der Waals surface area contributed by atoms with Crippen LogP contribution in [0.5, 0.6) is 5.75 Å². The summed E-state index contributed by atoms with van der Waals surface area (Å²) >= 11 is 0. The second-order valence-corrected chi connectivity index (χ2v) is 7.67. The van der Waals surface area contributed by atoms with Crippen molar-refractivity contribution in [2.45, 2.75) is 12.0 Å². The topological polar surface area (TPSA) is 72.9 Å². The molecule has 33 heavy (non-hydrogen) atoms. The first kappa shape index (κ1) is 22.0. The number of esters is 1. The maximum Gasteiger partial charge on any atom is 0.338 e. The Bertz CT molecular complexity index is 1230. The summed E-state index contributed by atoms with van der Waals surface area (Å²) in [5.41, 5.74) is 1.53. The summed E-state index contributed by atoms with van der Waals surface area (Å²) in [7, 11) is 2.87. The summed E-state index contributed by atoms with van der Waals surface area (Å²) in [4.78, 5) is 40.4. The van der Waals surface area contributed by atoms with Crippen molar-refractivity contribution in [3.63, 3.8) is 0 Å². The lowest BCUT2D eigenvalue weighted by molar-refractivity contribution is -0.116. The van der Waals surface area contributed by atoms with E-state index in [4.69, 9.17) is 9.47 Å². The molecule has 1 aliphatic rings. The highest BCUT2D eigenvalue weighted by Gasteiger charge is 2.44. The van der Waals surface area contributed by atoms with E-state index in [1.54, 1.807) is 61.8 Å². The molecule has 0 aromatic heterocycles. The van der Waals surface area contributed by atoms with Gasteiger partial charge in [-0.15, -0.1) is 0 Å². The van der Waals surface area contributed by atoms with Crippen molar-refractivity contribution in [2.75, 3.05) is 14.2 Å². The molecule has 0 bridgehead atoms. The number of carbonyl (C=O) groups excluding carboxylic acids is 3. The Morgan fingerprint density at radius 1 is 0.939 bits per heavy atom. The Morgan fingerprint density at radius 3 is 2.33 bits per heavy atom. The number of fused-ring (bicyclic) bond motifs is 1. The molecule has 4 rings (SSSR count). The van der Waals surface area contributed by atoms with Gasteiger partial charge in [0, 0.05) is 18.2 Å². The van der Waals surface area contributed by atoms with Gasteiger partial charge in [-0.3, -0.25) is 9.69 Å². The first-order chi connectivity index (χ1) is 16.0. The van der Waals surface area contributed by atoms with Gasteiger partial charge in [0.25, 0.3) is 5.91 Å². The molecule has 0 radical (unpaired) electrons. The number of hydrogen-bond donors (Lipinski definition) is 0. The van der Waals surface area contributed by atoms with E-state index in [0.717, 1.165) is 11.8 Å². The number of amides is 1. The Balaban J connectivity index is 1.85. The van der Waals surface area contributed by atoms with Gasteiger partial charge in [-0.05, 0) is 53.1 Å². The van der Waals surface area contributed by atoms with E-state index >= 15 is 0 Å². The Morgan fingerprint density at radius 2 is 1.64 bits per heavy atom. The zero-order chi connectivity index (χ0) is 23.4. The fourth-order valence-corrected chi connectivity index (χ4v) is 4.19. The van der Waals surface area contributed by atoms with Crippen LogP contribution in [0.1, 0.15) is 37.4 Å². The van der Waals surface area contributed by atoms with Gasteiger partial charge in [0.1, 0.15) is 11.3 Å². The molecule has 3 aromatic carbocycles. The molecule has 0 N–H and O–H groups in total. The molecular weight excluding hydrogens is 418 g/mol. The molecule has 1 amide bonds. The maximum absolute atomic E-state index is 13.6. The van der Waals surface area contributed by atoms with E-state index in [1.165, 1.54) is 12.0 Å². The standard InChI is InChI=1S/C27H23NO5/c1-32-22-13-11-20(12-14-22)25(30)28-16-15-19-7-4-6-10-24(19)27(28,18-29)17-21-8-3-5-9-23(21)26(31)33-2/h3-16,18H,17H2,1-2H3. The lowest BCUT2D eigenvalue weighted by atomic mass is 9.78. The van der Waals surface area contributed by atoms with Crippen LogP contribution in [-0.4, -0.2) is 37.3 Å². The van der Waals surface area contributed by atoms with E-state index < -0.39 is 11.5 Å². The highest BCUT2D eigenvalue weighted by molar-refractivity contribution is 5.99. The summed E-state index contributed by atoms with van der Waals surface area (Å²) in [5.74, 6) is -0.217. The van der Waals surface area contributed by atoms with Crippen LogP contribution in [0.4, 0.5) is 0 Å². The van der Waals surface area contributed by atoms with Crippen LogP contribution in [0.2, 0.25) is 0 Å². The fourth-order valence-electron chi connectivity index (χ4n) is 4.19. The summed E-state index contributed by atoms with van der Waals surface area (Å²) in [6.45, 7) is 0. The van der Waals surface area contributed by atoms with Crippen LogP contribution >= 0.6 is 0 Å². The predicted molar refractivity (Wildman–Crippen MR) is 124 cm³/mol. The van der Waals surface area contributed by atoms with Crippen LogP contribution in [0.3, 0.4) is 0 Å². The van der Waals surface area contributed by atoms with Crippen molar-refractivity contribution in [2.24, 2.45) is 0 Å². The van der Waals surface area contributed by atoms with Crippen molar-refractivity contribution in [3.8, 4) is 5.75 Å². The fraction of sp³-hybridized carbons (Fsp3) is 0.148. The number of methoxy groups -OCH3 is 2. The summed E-state index contributed by atoms with van der Waals surface area (Å²) < 4.78 is 10.1. The van der Waals surface area contributed by atoms with Crippen molar-refractivity contribution < 1.29 is 23.9 Å². The van der Waals surface area contributed by atoms with Crippen LogP contribution in [0.25, 0.3) is 6.08 Å². The molecule has 6 heteroatoms. The minimum Gasteiger partial charge on any atom is -0.497 e. The Hall–Kier alpha value is -4.19. The van der Waals surface area contributed by atoms with E-state index in [0.29, 0.717) is 28.0 Å². The molecule has 1 atom stereocenters. The average molecular weight is 441 g/mol. The smallest absolute Gasteiger partial charge is 0.338 e. The van der Waals surface area contributed by atoms with Gasteiger partial charge in [-0.2, -0.15) is 0 Å². The van der Waals surface area contributed by atoms with Crippen molar-refractivity contribution in [1.29, 1.82) is 0 Å². The van der Waals surface area contributed by atoms with Gasteiger partial charge in [-0.1, -0.05) is 42.5 Å². The van der Waals surface area contributed by atoms with E-state index in [9.17, 15) is 14.4 Å². The van der Waals surface area contributed by atoms with Gasteiger partial charge < -0.3 is 14.3 Å². The molecule has 6 nitrogen and oxygen atoms in total. The van der Waals surface area contributed by atoms with Crippen molar-refractivity contribution >= 4 is 24.2 Å². The third-order valence-corrected chi connectivity index (χ3v) is 5.89. The number of hydrogen-bond acceptors (Lipinski definition) is 5. The summed E-state index contributed by atoms with van der Waals surface area (Å²) in [6, 6.07) is 21.1. The average Bonchev–Trinajstić information content (AvgIpc) is 2.88. The molecule has 0 saturated carbocycles. The molecular formula is C27H23NO5. The molecule has 166 valence electrons. The summed E-state index contributed by atoms with van der Waals surface area (Å²) in [6.07, 6.45) is 4.32. The number of ether oxygens (including phenoxy) is 2. The van der Waals surface area contributed by atoms with Crippen molar-refractivity contribution in [3.05, 3.63) is 107 Å². The number of rotatable bonds is 6. The van der Waals surface area contributed by atoms with Crippen LogP contribution in [0, 0.1) is 0 Å². The normalized spacial score (nSPS) is 16.6. The largest absolute Gasteiger partial charge is 0.497 e. The highest BCUT2D eigenvalue weighted by atomic mass is 16.5. The number of benzene rings is 3. The zero-order valence-corrected chi connectivity index (χ0v) is 18.4. The quantitative estimate of drug-likeness (QED) is 0.423. The lowest BCUT2D eigenvalue weighted by Crippen LogP contribution is -2.51. The Kier molecular flexibility index (Phi) is 6.09. The monoisotopic (exact) mass is 441 g/mol. The zero-order valence-electron chi connectivity index (χ0n) is 18.4. The molecule has 1 heterocycles. The van der Waals surface area contributed by atoms with Crippen LogP contribution in [0.15, 0.2) is 79.0 Å². The van der Waals surface area contributed by atoms with Gasteiger partial charge in [-0.25, -0.2) is 4.79 Å². The number of nitrogens with zero attached hydrogens (tertiary/aromatic N) is 1. The highest BCUT2D eigenvalue weighted by Crippen LogP contribution is 2.39. The van der Waals surface area contributed by atoms with Crippen molar-refractivity contribution in [1.82, 2.24) is 4.90 Å². The van der Waals surface area contributed by atoms with E-state index in [-0.39, 0.29) is 12.3 Å². The van der Waals surface area contributed by atoms with Gasteiger partial charge >= 0.3 is 5.97 Å². The van der Waals surface area contributed by atoms with Crippen LogP contribution in [-0.2, 0) is 21.5 Å². The molecule has 1 unspecified atom stereocenters. The van der Waals surface area contributed by atoms with Gasteiger partial charge in [0.15, 0.2) is 6.29 Å². The SMILES string of the molecule is COC(=O)c1ccccc1CC1(C=O)c2ccccc2C=CN1C(=O)c1ccc(OC)cc1. The Labute approximate surface area is 192 Å². The molecule has 0 fully saturated rings. The molecule has 3 aromatic rings. The lowest BCUT2D eigenvalue weighted by Gasteiger charge is -2.42. The molecule has 1 aliphatic heterocycles. The minimum atomic E-state index is -1.35. The second kappa shape index (κ2) is 9.12. The first-order valence-electron chi connectivity index (χ1n) is 10.4. The van der Waals surface area contributed by atoms with Gasteiger partial charge in [0.05, 0.1) is 19.8 Å². The van der Waals surface area contributed by atoms with E-state index in [1.807, 2.05) is 30.3 Å². The molecule has 0 spiro atoms. The van der Waals surface area contributed by atoms with Gasteiger partial charge in [0.2, 0.25) is 0 Å². The summed E-state index contributed by atoms with van der Waals surface area (Å²) in [5, 5.41) is 0. The second-order valence-electron chi connectivity index (χ2n) is 7.67.